The number of piperidine rings is 1. The fraction of sp³-hybridized carbons (Fsp3) is 0.500. The summed E-state index contributed by atoms with van der Waals surface area (Å²) in [7, 11) is 0. The van der Waals surface area contributed by atoms with Gasteiger partial charge in [0.2, 0.25) is 0 Å². The van der Waals surface area contributed by atoms with E-state index in [0.717, 1.165) is 16.2 Å². The Morgan fingerprint density at radius 2 is 1.95 bits per heavy atom. The largest absolute Gasteiger partial charge is 0.477 e. The average molecular weight is 307 g/mol. The van der Waals surface area contributed by atoms with Gasteiger partial charge in [0.05, 0.1) is 10.8 Å². The molecule has 2 heterocycles. The van der Waals surface area contributed by atoms with E-state index in [-0.39, 0.29) is 29.3 Å². The molecular formula is C12H12F3NO3S. The van der Waals surface area contributed by atoms with E-state index in [2.05, 4.69) is 0 Å². The minimum atomic E-state index is -4.30. The molecule has 0 spiro atoms. The summed E-state index contributed by atoms with van der Waals surface area (Å²) >= 11 is 0.779. The highest BCUT2D eigenvalue weighted by Crippen LogP contribution is 2.33. The van der Waals surface area contributed by atoms with Crippen molar-refractivity contribution in [1.29, 1.82) is 0 Å². The molecule has 0 aliphatic carbocycles. The number of thiophene rings is 1. The molecule has 0 unspecified atom stereocenters. The number of aromatic carboxylic acids is 1. The fourth-order valence-corrected chi connectivity index (χ4v) is 2.97. The van der Waals surface area contributed by atoms with Gasteiger partial charge in [0.1, 0.15) is 4.88 Å². The van der Waals surface area contributed by atoms with Crippen LogP contribution in [0.3, 0.4) is 0 Å². The minimum Gasteiger partial charge on any atom is -0.477 e. The fourth-order valence-electron chi connectivity index (χ4n) is 2.15. The molecule has 1 atom stereocenters. The molecule has 1 aliphatic heterocycles. The Balaban J connectivity index is 2.10. The summed E-state index contributed by atoms with van der Waals surface area (Å²) in [6, 6.07) is 2.62. The van der Waals surface area contributed by atoms with Gasteiger partial charge in [-0.3, -0.25) is 4.79 Å². The van der Waals surface area contributed by atoms with E-state index in [1.165, 1.54) is 12.1 Å². The van der Waals surface area contributed by atoms with Crippen LogP contribution in [0, 0.1) is 5.92 Å². The van der Waals surface area contributed by atoms with Gasteiger partial charge in [-0.1, -0.05) is 0 Å². The van der Waals surface area contributed by atoms with Gasteiger partial charge in [0, 0.05) is 13.1 Å². The second-order valence-corrected chi connectivity index (χ2v) is 5.68. The van der Waals surface area contributed by atoms with E-state index in [1.54, 1.807) is 0 Å². The van der Waals surface area contributed by atoms with Crippen LogP contribution in [0.2, 0.25) is 0 Å². The van der Waals surface area contributed by atoms with E-state index in [0.29, 0.717) is 6.42 Å². The molecule has 4 nitrogen and oxygen atoms in total. The number of amides is 1. The Kier molecular flexibility index (Phi) is 4.03. The third-order valence-corrected chi connectivity index (χ3v) is 4.26. The van der Waals surface area contributed by atoms with Gasteiger partial charge in [-0.15, -0.1) is 11.3 Å². The summed E-state index contributed by atoms with van der Waals surface area (Å²) in [5, 5.41) is 8.78. The molecule has 1 aromatic heterocycles. The summed E-state index contributed by atoms with van der Waals surface area (Å²) in [4.78, 5) is 24.1. The molecule has 1 N–H and O–H groups in total. The Morgan fingerprint density at radius 3 is 2.50 bits per heavy atom. The minimum absolute atomic E-state index is 0.00210. The molecular weight excluding hydrogens is 295 g/mol. The van der Waals surface area contributed by atoms with Crippen LogP contribution in [-0.4, -0.2) is 41.1 Å². The third-order valence-electron chi connectivity index (χ3n) is 3.20. The van der Waals surface area contributed by atoms with E-state index >= 15 is 0 Å². The Labute approximate surface area is 116 Å². The highest BCUT2D eigenvalue weighted by atomic mass is 32.1. The van der Waals surface area contributed by atoms with Gasteiger partial charge in [0.25, 0.3) is 5.91 Å². The molecule has 20 heavy (non-hydrogen) atoms. The monoisotopic (exact) mass is 307 g/mol. The van der Waals surface area contributed by atoms with Crippen molar-refractivity contribution in [2.75, 3.05) is 13.1 Å². The number of alkyl halides is 3. The van der Waals surface area contributed by atoms with Crippen molar-refractivity contribution in [3.63, 3.8) is 0 Å². The van der Waals surface area contributed by atoms with Crippen LogP contribution in [0.25, 0.3) is 0 Å². The Morgan fingerprint density at radius 1 is 1.30 bits per heavy atom. The second-order valence-electron chi connectivity index (χ2n) is 4.60. The first-order valence-electron chi connectivity index (χ1n) is 5.98. The van der Waals surface area contributed by atoms with E-state index in [4.69, 9.17) is 5.11 Å². The smallest absolute Gasteiger partial charge is 0.393 e. The molecule has 110 valence electrons. The first-order chi connectivity index (χ1) is 9.29. The molecule has 1 fully saturated rings. The molecule has 0 radical (unpaired) electrons. The molecule has 1 amide bonds. The van der Waals surface area contributed by atoms with Gasteiger partial charge in [-0.25, -0.2) is 4.79 Å². The van der Waals surface area contributed by atoms with Crippen molar-refractivity contribution in [2.24, 2.45) is 5.92 Å². The predicted molar refractivity (Wildman–Crippen MR) is 66.0 cm³/mol. The maximum absolute atomic E-state index is 12.7. The van der Waals surface area contributed by atoms with Crippen LogP contribution < -0.4 is 0 Å². The van der Waals surface area contributed by atoms with E-state index in [9.17, 15) is 22.8 Å². The number of rotatable bonds is 2. The van der Waals surface area contributed by atoms with Crippen molar-refractivity contribution in [2.45, 2.75) is 19.0 Å². The number of carboxylic acid groups (broad SMARTS) is 1. The summed E-state index contributed by atoms with van der Waals surface area (Å²) in [6.45, 7) is -0.0889. The van der Waals surface area contributed by atoms with Crippen molar-refractivity contribution >= 4 is 23.2 Å². The molecule has 0 aromatic carbocycles. The standard InChI is InChI=1S/C12H12F3NO3S/c13-12(14,15)7-2-1-5-16(6-7)10(17)8-3-4-9(20-8)11(18)19/h3-4,7H,1-2,5-6H2,(H,18,19)/t7-/m1/s1. The molecule has 0 saturated carbocycles. The molecule has 0 bridgehead atoms. The van der Waals surface area contributed by atoms with Crippen LogP contribution in [0.4, 0.5) is 13.2 Å². The highest BCUT2D eigenvalue weighted by molar-refractivity contribution is 7.15. The quantitative estimate of drug-likeness (QED) is 0.914. The van der Waals surface area contributed by atoms with Crippen molar-refractivity contribution in [3.05, 3.63) is 21.9 Å². The maximum atomic E-state index is 12.7. The van der Waals surface area contributed by atoms with Gasteiger partial charge < -0.3 is 10.0 Å². The zero-order chi connectivity index (χ0) is 14.9. The lowest BCUT2D eigenvalue weighted by Crippen LogP contribution is -2.44. The van der Waals surface area contributed by atoms with Crippen LogP contribution in [-0.2, 0) is 0 Å². The molecule has 1 aromatic rings. The van der Waals surface area contributed by atoms with Crippen LogP contribution in [0.15, 0.2) is 12.1 Å². The maximum Gasteiger partial charge on any atom is 0.393 e. The summed E-state index contributed by atoms with van der Waals surface area (Å²) in [5.41, 5.74) is 0. The van der Waals surface area contributed by atoms with Gasteiger partial charge >= 0.3 is 12.1 Å². The lowest BCUT2D eigenvalue weighted by Gasteiger charge is -2.33. The number of hydrogen-bond donors (Lipinski definition) is 1. The molecule has 1 aliphatic rings. The van der Waals surface area contributed by atoms with Crippen molar-refractivity contribution in [3.8, 4) is 0 Å². The van der Waals surface area contributed by atoms with E-state index in [1.807, 2.05) is 0 Å². The van der Waals surface area contributed by atoms with Crippen molar-refractivity contribution in [1.82, 2.24) is 4.90 Å². The normalized spacial score (nSPS) is 19.9. The molecule has 1 saturated heterocycles. The number of carboxylic acids is 1. The second kappa shape index (κ2) is 5.43. The molecule has 2 rings (SSSR count). The van der Waals surface area contributed by atoms with Crippen LogP contribution >= 0.6 is 11.3 Å². The highest BCUT2D eigenvalue weighted by Gasteiger charge is 2.42. The topological polar surface area (TPSA) is 57.6 Å². The first-order valence-corrected chi connectivity index (χ1v) is 6.80. The van der Waals surface area contributed by atoms with Crippen LogP contribution in [0.5, 0.6) is 0 Å². The number of carbonyl (C=O) groups excluding carboxylic acids is 1. The Bertz CT molecular complexity index is 526. The Hall–Kier alpha value is -1.57. The molecule has 8 heteroatoms. The number of hydrogen-bond acceptors (Lipinski definition) is 3. The number of carbonyl (C=O) groups is 2. The number of likely N-dealkylation sites (tertiary alicyclic amines) is 1. The first kappa shape index (κ1) is 14.8. The summed E-state index contributed by atoms with van der Waals surface area (Å²) in [5.74, 6) is -3.18. The van der Waals surface area contributed by atoms with Crippen molar-refractivity contribution < 1.29 is 27.9 Å². The lowest BCUT2D eigenvalue weighted by molar-refractivity contribution is -0.184. The van der Waals surface area contributed by atoms with Gasteiger partial charge in [0.15, 0.2) is 0 Å². The van der Waals surface area contributed by atoms with E-state index < -0.39 is 24.0 Å². The number of nitrogens with zero attached hydrogens (tertiary/aromatic N) is 1. The van der Waals surface area contributed by atoms with Gasteiger partial charge in [-0.2, -0.15) is 13.2 Å². The summed E-state index contributed by atoms with van der Waals surface area (Å²) < 4.78 is 38.0. The van der Waals surface area contributed by atoms with Gasteiger partial charge in [-0.05, 0) is 25.0 Å². The SMILES string of the molecule is O=C(O)c1ccc(C(=O)N2CCC[C@@H](C(F)(F)F)C2)s1. The number of halogens is 3. The predicted octanol–water partition coefficient (Wildman–Crippen LogP) is 2.86. The summed E-state index contributed by atoms with van der Waals surface area (Å²) in [6.07, 6.45) is -3.98. The third kappa shape index (κ3) is 3.12. The zero-order valence-electron chi connectivity index (χ0n) is 10.3. The average Bonchev–Trinajstić information content (AvgIpc) is 2.87. The lowest BCUT2D eigenvalue weighted by atomic mass is 9.97. The van der Waals surface area contributed by atoms with Crippen LogP contribution in [0.1, 0.15) is 32.2 Å². The zero-order valence-corrected chi connectivity index (χ0v) is 11.1.